The number of alkyl halides is 2. The molecule has 0 bridgehead atoms. The van der Waals surface area contributed by atoms with Crippen molar-refractivity contribution in [1.82, 2.24) is 15.1 Å². The van der Waals surface area contributed by atoms with E-state index >= 15 is 0 Å². The summed E-state index contributed by atoms with van der Waals surface area (Å²) in [6.45, 7) is 3.44. The number of aromatic nitrogens is 2. The highest BCUT2D eigenvalue weighted by molar-refractivity contribution is 6.30. The number of nitrogens with zero attached hydrogens (tertiary/aromatic N) is 4. The summed E-state index contributed by atoms with van der Waals surface area (Å²) in [5.41, 5.74) is -0.296. The molecular weight excluding hydrogens is 418 g/mol. The van der Waals surface area contributed by atoms with Gasteiger partial charge in [0.15, 0.2) is 5.82 Å². The Kier molecular flexibility index (Phi) is 5.75. The van der Waals surface area contributed by atoms with Crippen LogP contribution in [0.1, 0.15) is 25.3 Å². The van der Waals surface area contributed by atoms with E-state index in [-0.39, 0.29) is 45.6 Å². The van der Waals surface area contributed by atoms with E-state index in [0.717, 1.165) is 0 Å². The van der Waals surface area contributed by atoms with Gasteiger partial charge in [0, 0.05) is 42.7 Å². The molecule has 0 saturated carbocycles. The molecule has 30 heavy (non-hydrogen) atoms. The van der Waals surface area contributed by atoms with E-state index in [1.807, 2.05) is 4.90 Å². The Hall–Kier alpha value is -2.52. The highest BCUT2D eigenvalue weighted by Crippen LogP contribution is 2.37. The van der Waals surface area contributed by atoms with Gasteiger partial charge in [0.25, 0.3) is 6.43 Å². The number of halogens is 3. The summed E-state index contributed by atoms with van der Waals surface area (Å²) in [6, 6.07) is 5.31. The van der Waals surface area contributed by atoms with Crippen molar-refractivity contribution < 1.29 is 23.4 Å². The average molecular weight is 439 g/mol. The normalized spacial score (nSPS) is 21.6. The molecule has 2 atom stereocenters. The van der Waals surface area contributed by atoms with Gasteiger partial charge in [-0.1, -0.05) is 11.6 Å². The van der Waals surface area contributed by atoms with Crippen LogP contribution in [-0.2, 0) is 9.53 Å². The molecular formula is C20H21ClF2N4O3. The van der Waals surface area contributed by atoms with Gasteiger partial charge >= 0.3 is 0 Å². The monoisotopic (exact) mass is 438 g/mol. The summed E-state index contributed by atoms with van der Waals surface area (Å²) in [6.07, 6.45) is -2.25. The molecule has 1 amide bonds. The number of fused-ring (bicyclic) bond motifs is 1. The number of ether oxygens (including phenoxy) is 1. The minimum Gasteiger partial charge on any atom is -0.507 e. The smallest absolute Gasteiger partial charge is 0.266 e. The van der Waals surface area contributed by atoms with E-state index in [9.17, 15) is 18.7 Å². The Morgan fingerprint density at radius 2 is 2.10 bits per heavy atom. The summed E-state index contributed by atoms with van der Waals surface area (Å²) in [5, 5.41) is 18.6. The van der Waals surface area contributed by atoms with Crippen molar-refractivity contribution in [3.05, 3.63) is 34.9 Å². The molecule has 1 aromatic heterocycles. The van der Waals surface area contributed by atoms with Crippen LogP contribution in [0, 0.1) is 0 Å². The van der Waals surface area contributed by atoms with E-state index in [0.29, 0.717) is 38.5 Å². The molecule has 2 fully saturated rings. The molecule has 7 nitrogen and oxygen atoms in total. The van der Waals surface area contributed by atoms with Crippen molar-refractivity contribution in [3.63, 3.8) is 0 Å². The van der Waals surface area contributed by atoms with Gasteiger partial charge in [0.2, 0.25) is 5.91 Å². The average Bonchev–Trinajstić information content (AvgIpc) is 2.72. The van der Waals surface area contributed by atoms with E-state index < -0.39 is 6.43 Å². The molecule has 2 aliphatic rings. The fourth-order valence-corrected chi connectivity index (χ4v) is 4.23. The van der Waals surface area contributed by atoms with Crippen LogP contribution >= 0.6 is 11.6 Å². The van der Waals surface area contributed by atoms with Crippen LogP contribution in [-0.4, -0.2) is 64.5 Å². The summed E-state index contributed by atoms with van der Waals surface area (Å²) in [5.74, 6) is 0.0142. The number of carbonyl (C=O) groups excluding carboxylic acids is 1. The molecule has 1 N–H and O–H groups in total. The number of piperidine rings is 1. The lowest BCUT2D eigenvalue weighted by atomic mass is 9.98. The van der Waals surface area contributed by atoms with Crippen molar-refractivity contribution in [3.8, 4) is 17.0 Å². The first kappa shape index (κ1) is 20.7. The third kappa shape index (κ3) is 3.91. The molecule has 2 aromatic rings. The lowest BCUT2D eigenvalue weighted by Gasteiger charge is -2.47. The Morgan fingerprint density at radius 1 is 1.30 bits per heavy atom. The molecule has 160 valence electrons. The summed E-state index contributed by atoms with van der Waals surface area (Å²) >= 11 is 5.84. The summed E-state index contributed by atoms with van der Waals surface area (Å²) in [7, 11) is 0. The summed E-state index contributed by atoms with van der Waals surface area (Å²) in [4.78, 5) is 15.4. The fourth-order valence-electron chi connectivity index (χ4n) is 4.06. The third-order valence-electron chi connectivity index (χ3n) is 5.58. The number of likely N-dealkylation sites (tertiary alicyclic amines) is 1. The quantitative estimate of drug-likeness (QED) is 0.792. The maximum atomic E-state index is 13.9. The third-order valence-corrected chi connectivity index (χ3v) is 5.82. The molecule has 3 heterocycles. The Balaban J connectivity index is 1.70. The zero-order valence-electron chi connectivity index (χ0n) is 16.3. The number of amides is 1. The lowest BCUT2D eigenvalue weighted by molar-refractivity contribution is -0.133. The van der Waals surface area contributed by atoms with Crippen LogP contribution in [0.3, 0.4) is 0 Å². The Labute approximate surface area is 177 Å². The second-order valence-electron chi connectivity index (χ2n) is 7.39. The van der Waals surface area contributed by atoms with Crippen LogP contribution in [0.5, 0.6) is 5.75 Å². The molecule has 1 aromatic carbocycles. The van der Waals surface area contributed by atoms with Crippen molar-refractivity contribution in [2.75, 3.05) is 31.1 Å². The van der Waals surface area contributed by atoms with Gasteiger partial charge in [-0.3, -0.25) is 4.79 Å². The maximum absolute atomic E-state index is 13.9. The number of anilines is 1. The molecule has 2 saturated heterocycles. The van der Waals surface area contributed by atoms with E-state index in [2.05, 4.69) is 10.2 Å². The fraction of sp³-hybridized carbons (Fsp3) is 0.450. The van der Waals surface area contributed by atoms with E-state index in [1.54, 1.807) is 4.90 Å². The Morgan fingerprint density at radius 3 is 2.80 bits per heavy atom. The van der Waals surface area contributed by atoms with Crippen LogP contribution in [0.2, 0.25) is 5.02 Å². The predicted molar refractivity (Wildman–Crippen MR) is 107 cm³/mol. The molecule has 0 spiro atoms. The summed E-state index contributed by atoms with van der Waals surface area (Å²) < 4.78 is 33.6. The van der Waals surface area contributed by atoms with Gasteiger partial charge in [0.1, 0.15) is 11.4 Å². The first-order valence-corrected chi connectivity index (χ1v) is 10.0. The minimum absolute atomic E-state index is 0.0353. The number of morpholine rings is 1. The number of phenols is 1. The lowest BCUT2D eigenvalue weighted by Crippen LogP contribution is -2.61. The highest BCUT2D eigenvalue weighted by Gasteiger charge is 2.39. The van der Waals surface area contributed by atoms with Crippen molar-refractivity contribution in [1.29, 1.82) is 0 Å². The van der Waals surface area contributed by atoms with Crippen LogP contribution in [0.4, 0.5) is 14.6 Å². The molecule has 2 aliphatic heterocycles. The van der Waals surface area contributed by atoms with Crippen molar-refractivity contribution in [2.24, 2.45) is 0 Å². The van der Waals surface area contributed by atoms with Gasteiger partial charge in [-0.05, 0) is 30.7 Å². The topological polar surface area (TPSA) is 78.8 Å². The largest absolute Gasteiger partial charge is 0.507 e. The van der Waals surface area contributed by atoms with Crippen LogP contribution in [0.15, 0.2) is 24.3 Å². The molecule has 4 rings (SSSR count). The van der Waals surface area contributed by atoms with Crippen LogP contribution in [0.25, 0.3) is 11.3 Å². The zero-order chi connectivity index (χ0) is 21.4. The van der Waals surface area contributed by atoms with Gasteiger partial charge < -0.3 is 19.6 Å². The first-order chi connectivity index (χ1) is 14.3. The second-order valence-corrected chi connectivity index (χ2v) is 7.83. The predicted octanol–water partition coefficient (Wildman–Crippen LogP) is 3.27. The number of aromatic hydroxyl groups is 1. The highest BCUT2D eigenvalue weighted by atomic mass is 35.5. The minimum atomic E-state index is -2.82. The second kappa shape index (κ2) is 8.31. The first-order valence-electron chi connectivity index (χ1n) is 9.63. The van der Waals surface area contributed by atoms with Gasteiger partial charge in [-0.2, -0.15) is 0 Å². The molecule has 0 aliphatic carbocycles. The van der Waals surface area contributed by atoms with E-state index in [1.165, 1.54) is 31.2 Å². The molecule has 0 radical (unpaired) electrons. The number of hydrogen-bond donors (Lipinski definition) is 1. The Bertz CT molecular complexity index is 962. The van der Waals surface area contributed by atoms with Crippen molar-refractivity contribution in [2.45, 2.75) is 31.9 Å². The molecule has 0 unspecified atom stereocenters. The zero-order valence-corrected chi connectivity index (χ0v) is 17.0. The number of hydrogen-bond acceptors (Lipinski definition) is 6. The van der Waals surface area contributed by atoms with Gasteiger partial charge in [-0.15, -0.1) is 10.2 Å². The standard InChI is InChI=1S/C20H21ClF2N4O3/c1-11(28)26-5-4-17-15(10-26)27(6-7-30-17)18-9-14(20(22)23)19(25-24-18)13-3-2-12(21)8-16(13)29/h2-3,8-9,15,17,20,29H,4-7,10H2,1H3/t15-,17+/m0/s1. The maximum Gasteiger partial charge on any atom is 0.266 e. The number of carbonyl (C=O) groups is 1. The molecule has 10 heteroatoms. The SMILES string of the molecule is CC(=O)N1CC[C@H]2OCCN(c3cc(C(F)F)c(-c4ccc(Cl)cc4O)nn3)[C@H]2C1. The van der Waals surface area contributed by atoms with Gasteiger partial charge in [-0.25, -0.2) is 8.78 Å². The number of phenolic OH excluding ortho intramolecular Hbond substituents is 1. The van der Waals surface area contributed by atoms with E-state index in [4.69, 9.17) is 16.3 Å². The number of benzene rings is 1. The van der Waals surface area contributed by atoms with Crippen LogP contribution < -0.4 is 4.90 Å². The van der Waals surface area contributed by atoms with Gasteiger partial charge in [0.05, 0.1) is 18.8 Å². The number of rotatable bonds is 3. The van der Waals surface area contributed by atoms with Crippen molar-refractivity contribution >= 4 is 23.3 Å².